The molecular formula is C18H19N3O5. The number of methoxy groups -OCH3 is 3. The van der Waals surface area contributed by atoms with Gasteiger partial charge in [-0.3, -0.25) is 4.79 Å². The molecule has 0 radical (unpaired) electrons. The molecule has 26 heavy (non-hydrogen) atoms. The van der Waals surface area contributed by atoms with E-state index in [2.05, 4.69) is 10.3 Å². The van der Waals surface area contributed by atoms with Crippen molar-refractivity contribution in [1.82, 2.24) is 14.7 Å². The van der Waals surface area contributed by atoms with Gasteiger partial charge in [0, 0.05) is 18.0 Å². The van der Waals surface area contributed by atoms with Crippen molar-refractivity contribution >= 4 is 11.6 Å². The van der Waals surface area contributed by atoms with Crippen LogP contribution in [-0.2, 0) is 6.54 Å². The van der Waals surface area contributed by atoms with E-state index >= 15 is 0 Å². The Balaban J connectivity index is 1.80. The number of rotatable bonds is 6. The Morgan fingerprint density at radius 1 is 1.19 bits per heavy atom. The van der Waals surface area contributed by atoms with Crippen LogP contribution in [0.1, 0.15) is 16.1 Å². The fraction of sp³-hybridized carbons (Fsp3) is 0.222. The topological polar surface area (TPSA) is 94.3 Å². The first-order valence-electron chi connectivity index (χ1n) is 7.81. The molecule has 0 unspecified atom stereocenters. The second-order valence-corrected chi connectivity index (χ2v) is 5.45. The molecular weight excluding hydrogens is 338 g/mol. The lowest BCUT2D eigenvalue weighted by Crippen LogP contribution is -2.23. The molecule has 136 valence electrons. The van der Waals surface area contributed by atoms with Gasteiger partial charge in [0.05, 0.1) is 33.6 Å². The predicted octanol–water partition coefficient (Wildman–Crippen LogP) is 2.00. The molecule has 0 fully saturated rings. The minimum atomic E-state index is -0.314. The normalized spacial score (nSPS) is 10.6. The van der Waals surface area contributed by atoms with Gasteiger partial charge in [-0.1, -0.05) is 0 Å². The molecule has 2 N–H and O–H groups in total. The fourth-order valence-electron chi connectivity index (χ4n) is 2.62. The molecule has 1 aromatic carbocycles. The predicted molar refractivity (Wildman–Crippen MR) is 94.1 cm³/mol. The van der Waals surface area contributed by atoms with E-state index in [9.17, 15) is 9.90 Å². The van der Waals surface area contributed by atoms with Crippen molar-refractivity contribution in [3.05, 3.63) is 47.9 Å². The highest BCUT2D eigenvalue weighted by Gasteiger charge is 2.17. The van der Waals surface area contributed by atoms with Gasteiger partial charge in [0.2, 0.25) is 5.75 Å². The van der Waals surface area contributed by atoms with Crippen molar-refractivity contribution in [1.29, 1.82) is 0 Å². The highest BCUT2D eigenvalue weighted by Crippen LogP contribution is 2.38. The number of benzene rings is 1. The van der Waals surface area contributed by atoms with Crippen molar-refractivity contribution < 1.29 is 24.1 Å². The summed E-state index contributed by atoms with van der Waals surface area (Å²) in [6.45, 7) is 0.205. The zero-order valence-corrected chi connectivity index (χ0v) is 14.6. The van der Waals surface area contributed by atoms with Crippen LogP contribution in [0, 0.1) is 0 Å². The summed E-state index contributed by atoms with van der Waals surface area (Å²) in [5.74, 6) is 0.979. The minimum absolute atomic E-state index is 0.0784. The Morgan fingerprint density at radius 2 is 1.88 bits per heavy atom. The number of nitrogens with one attached hydrogen (secondary N) is 1. The smallest absolute Gasteiger partial charge is 0.251 e. The summed E-state index contributed by atoms with van der Waals surface area (Å²) in [7, 11) is 4.48. The van der Waals surface area contributed by atoms with Crippen LogP contribution in [0.25, 0.3) is 5.65 Å². The number of aromatic hydroxyl groups is 1. The largest absolute Gasteiger partial charge is 0.504 e. The van der Waals surface area contributed by atoms with Crippen molar-refractivity contribution in [2.75, 3.05) is 21.3 Å². The first kappa shape index (κ1) is 17.4. The summed E-state index contributed by atoms with van der Waals surface area (Å²) in [5, 5.41) is 12.6. The summed E-state index contributed by atoms with van der Waals surface area (Å²) in [6, 6.07) is 6.42. The second kappa shape index (κ2) is 7.22. The summed E-state index contributed by atoms with van der Waals surface area (Å²) in [6.07, 6.45) is 3.51. The Morgan fingerprint density at radius 3 is 2.46 bits per heavy atom. The molecule has 0 aliphatic heterocycles. The molecule has 2 heterocycles. The Bertz CT molecular complexity index is 926. The average molecular weight is 357 g/mol. The van der Waals surface area contributed by atoms with E-state index in [1.807, 2.05) is 0 Å². The molecule has 0 saturated carbocycles. The zero-order valence-electron chi connectivity index (χ0n) is 14.6. The van der Waals surface area contributed by atoms with Crippen LogP contribution in [0.2, 0.25) is 0 Å². The summed E-state index contributed by atoms with van der Waals surface area (Å²) < 4.78 is 17.5. The Kier molecular flexibility index (Phi) is 4.83. The number of hydrogen-bond donors (Lipinski definition) is 2. The van der Waals surface area contributed by atoms with Crippen LogP contribution in [0.15, 0.2) is 36.7 Å². The van der Waals surface area contributed by atoms with Crippen LogP contribution in [0.4, 0.5) is 0 Å². The van der Waals surface area contributed by atoms with Gasteiger partial charge in [0.25, 0.3) is 5.91 Å². The molecule has 0 saturated heterocycles. The molecule has 0 atom stereocenters. The minimum Gasteiger partial charge on any atom is -0.504 e. The first-order valence-corrected chi connectivity index (χ1v) is 7.81. The van der Waals surface area contributed by atoms with Gasteiger partial charge < -0.3 is 29.0 Å². The summed E-state index contributed by atoms with van der Waals surface area (Å²) in [5.41, 5.74) is 1.42. The van der Waals surface area contributed by atoms with Gasteiger partial charge in [-0.15, -0.1) is 0 Å². The fourth-order valence-corrected chi connectivity index (χ4v) is 2.62. The molecule has 0 aliphatic carbocycles. The number of aromatic nitrogens is 2. The number of nitrogens with zero attached hydrogens (tertiary/aromatic N) is 2. The monoisotopic (exact) mass is 357 g/mol. The third kappa shape index (κ3) is 3.21. The number of amides is 1. The van der Waals surface area contributed by atoms with Gasteiger partial charge in [-0.25, -0.2) is 4.98 Å². The molecule has 0 aliphatic rings. The summed E-state index contributed by atoms with van der Waals surface area (Å²) in [4.78, 5) is 16.8. The molecule has 1 amide bonds. The van der Waals surface area contributed by atoms with Crippen LogP contribution in [-0.4, -0.2) is 41.7 Å². The van der Waals surface area contributed by atoms with E-state index < -0.39 is 0 Å². The maximum absolute atomic E-state index is 12.5. The van der Waals surface area contributed by atoms with Crippen LogP contribution >= 0.6 is 0 Å². The maximum atomic E-state index is 12.5. The number of fused-ring (bicyclic) bond motifs is 1. The maximum Gasteiger partial charge on any atom is 0.251 e. The zero-order chi connectivity index (χ0) is 18.7. The average Bonchev–Trinajstić information content (AvgIpc) is 3.09. The third-order valence-electron chi connectivity index (χ3n) is 3.87. The second-order valence-electron chi connectivity index (χ2n) is 5.45. The lowest BCUT2D eigenvalue weighted by molar-refractivity contribution is 0.0949. The van der Waals surface area contributed by atoms with Gasteiger partial charge in [0.15, 0.2) is 22.9 Å². The molecule has 0 bridgehead atoms. The quantitative estimate of drug-likeness (QED) is 0.701. The van der Waals surface area contributed by atoms with Gasteiger partial charge in [-0.05, 0) is 24.3 Å². The number of carbonyl (C=O) groups is 1. The molecule has 0 spiro atoms. The summed E-state index contributed by atoms with van der Waals surface area (Å²) >= 11 is 0. The molecule has 8 nitrogen and oxygen atoms in total. The first-order chi connectivity index (χ1) is 12.6. The van der Waals surface area contributed by atoms with Crippen LogP contribution < -0.4 is 19.5 Å². The lowest BCUT2D eigenvalue weighted by Gasteiger charge is -2.13. The number of pyridine rings is 1. The standard InChI is InChI=1S/C18H19N3O5/c1-24-14-7-11(8-15(25-2)16(14)26-3)18(23)19-9-12-10-21-6-4-5-13(22)17(21)20-12/h4-8,10,22H,9H2,1-3H3,(H,19,23). The van der Waals surface area contributed by atoms with E-state index in [-0.39, 0.29) is 18.2 Å². The number of carbonyl (C=O) groups excluding carboxylic acids is 1. The third-order valence-corrected chi connectivity index (χ3v) is 3.87. The SMILES string of the molecule is COc1cc(C(=O)NCc2cn3cccc(O)c3n2)cc(OC)c1OC. The highest BCUT2D eigenvalue weighted by molar-refractivity contribution is 5.95. The van der Waals surface area contributed by atoms with E-state index in [4.69, 9.17) is 14.2 Å². The van der Waals surface area contributed by atoms with Crippen molar-refractivity contribution in [2.24, 2.45) is 0 Å². The number of ether oxygens (including phenoxy) is 3. The van der Waals surface area contributed by atoms with Crippen molar-refractivity contribution in [3.63, 3.8) is 0 Å². The lowest BCUT2D eigenvalue weighted by atomic mass is 10.1. The Labute approximate surface area is 149 Å². The highest BCUT2D eigenvalue weighted by atomic mass is 16.5. The number of hydrogen-bond acceptors (Lipinski definition) is 6. The van der Waals surface area contributed by atoms with Crippen molar-refractivity contribution in [2.45, 2.75) is 6.54 Å². The van der Waals surface area contributed by atoms with Gasteiger partial charge in [-0.2, -0.15) is 0 Å². The van der Waals surface area contributed by atoms with Crippen LogP contribution in [0.3, 0.4) is 0 Å². The van der Waals surface area contributed by atoms with Crippen LogP contribution in [0.5, 0.6) is 23.0 Å². The van der Waals surface area contributed by atoms with Crippen molar-refractivity contribution in [3.8, 4) is 23.0 Å². The van der Waals surface area contributed by atoms with E-state index in [1.54, 1.807) is 41.1 Å². The van der Waals surface area contributed by atoms with E-state index in [0.29, 0.717) is 34.2 Å². The molecule has 3 aromatic rings. The van der Waals surface area contributed by atoms with Gasteiger partial charge >= 0.3 is 0 Å². The van der Waals surface area contributed by atoms with E-state index in [0.717, 1.165) is 0 Å². The van der Waals surface area contributed by atoms with E-state index in [1.165, 1.54) is 21.3 Å². The molecule has 3 rings (SSSR count). The van der Waals surface area contributed by atoms with Gasteiger partial charge in [0.1, 0.15) is 0 Å². The Hall–Kier alpha value is -3.42. The number of imidazole rings is 1. The molecule has 2 aromatic heterocycles. The molecule has 8 heteroatoms.